The summed E-state index contributed by atoms with van der Waals surface area (Å²) in [5.74, 6) is 0.647. The highest BCUT2D eigenvalue weighted by molar-refractivity contribution is 6.38. The minimum Gasteiger partial charge on any atom is -0.497 e. The number of benzene rings is 1. The monoisotopic (exact) mass is 231 g/mol. The van der Waals surface area contributed by atoms with E-state index >= 15 is 0 Å². The summed E-state index contributed by atoms with van der Waals surface area (Å²) in [4.78, 5) is 4.08. The Bertz CT molecular complexity index is 327. The molecule has 1 rings (SSSR count). The Morgan fingerprint density at radius 1 is 1.36 bits per heavy atom. The lowest BCUT2D eigenvalue weighted by atomic mass is 10.2. The molecule has 0 aliphatic rings. The molecule has 14 heavy (non-hydrogen) atoms. The highest BCUT2D eigenvalue weighted by Gasteiger charge is 2.06. The smallest absolute Gasteiger partial charge is 0.121 e. The fraction of sp³-hybridized carbons (Fsp3) is 0.300. The zero-order valence-corrected chi connectivity index (χ0v) is 9.56. The summed E-state index contributed by atoms with van der Waals surface area (Å²) >= 11 is 12.0. The van der Waals surface area contributed by atoms with Crippen molar-refractivity contribution >= 4 is 29.4 Å². The molecule has 0 N–H and O–H groups in total. The Labute approximate surface area is 93.5 Å². The van der Waals surface area contributed by atoms with Gasteiger partial charge in [-0.1, -0.05) is 23.2 Å². The molecule has 0 bridgehead atoms. The first-order valence-corrected chi connectivity index (χ1v) is 4.97. The zero-order chi connectivity index (χ0) is 10.6. The van der Waals surface area contributed by atoms with E-state index in [-0.39, 0.29) is 0 Å². The third kappa shape index (κ3) is 2.63. The SMILES string of the molecule is CCN=Cc1c(Cl)cc(OC)cc1Cl. The second-order valence-electron chi connectivity index (χ2n) is 2.63. The van der Waals surface area contributed by atoms with Crippen LogP contribution in [0, 0.1) is 0 Å². The van der Waals surface area contributed by atoms with Crippen molar-refractivity contribution in [3.63, 3.8) is 0 Å². The topological polar surface area (TPSA) is 21.6 Å². The van der Waals surface area contributed by atoms with Gasteiger partial charge in [0.05, 0.1) is 17.2 Å². The molecule has 1 aromatic carbocycles. The number of methoxy groups -OCH3 is 1. The molecule has 4 heteroatoms. The lowest BCUT2D eigenvalue weighted by Gasteiger charge is -2.05. The van der Waals surface area contributed by atoms with Crippen LogP contribution in [0.15, 0.2) is 17.1 Å². The maximum absolute atomic E-state index is 5.99. The zero-order valence-electron chi connectivity index (χ0n) is 8.05. The van der Waals surface area contributed by atoms with Crippen LogP contribution in [0.3, 0.4) is 0 Å². The lowest BCUT2D eigenvalue weighted by molar-refractivity contribution is 0.415. The molecule has 2 nitrogen and oxygen atoms in total. The van der Waals surface area contributed by atoms with Crippen LogP contribution >= 0.6 is 23.2 Å². The van der Waals surface area contributed by atoms with Crippen molar-refractivity contribution in [3.05, 3.63) is 27.7 Å². The highest BCUT2D eigenvalue weighted by atomic mass is 35.5. The van der Waals surface area contributed by atoms with Crippen LogP contribution < -0.4 is 4.74 Å². The van der Waals surface area contributed by atoms with Crippen molar-refractivity contribution in [2.75, 3.05) is 13.7 Å². The molecule has 1 aromatic rings. The van der Waals surface area contributed by atoms with E-state index in [9.17, 15) is 0 Å². The molecule has 0 aliphatic heterocycles. The summed E-state index contributed by atoms with van der Waals surface area (Å²) in [6.07, 6.45) is 1.67. The maximum atomic E-state index is 5.99. The van der Waals surface area contributed by atoms with Gasteiger partial charge in [0.25, 0.3) is 0 Å². The summed E-state index contributed by atoms with van der Waals surface area (Å²) in [5.41, 5.74) is 0.732. The van der Waals surface area contributed by atoms with Crippen molar-refractivity contribution in [2.24, 2.45) is 4.99 Å². The summed E-state index contributed by atoms with van der Waals surface area (Å²) in [6, 6.07) is 3.43. The van der Waals surface area contributed by atoms with E-state index in [0.717, 1.165) is 5.56 Å². The third-order valence-corrected chi connectivity index (χ3v) is 2.32. The van der Waals surface area contributed by atoms with Gasteiger partial charge in [0.1, 0.15) is 5.75 Å². The van der Waals surface area contributed by atoms with Crippen LogP contribution in [0.1, 0.15) is 12.5 Å². The molecule has 76 valence electrons. The minimum absolute atomic E-state index is 0.548. The molecule has 0 amide bonds. The van der Waals surface area contributed by atoms with Crippen LogP contribution in [-0.2, 0) is 0 Å². The van der Waals surface area contributed by atoms with Gasteiger partial charge in [0.15, 0.2) is 0 Å². The Morgan fingerprint density at radius 2 is 1.93 bits per heavy atom. The number of hydrogen-bond acceptors (Lipinski definition) is 2. The van der Waals surface area contributed by atoms with Crippen LogP contribution in [0.2, 0.25) is 10.0 Å². The second kappa shape index (κ2) is 5.23. The third-order valence-electron chi connectivity index (χ3n) is 1.69. The lowest BCUT2D eigenvalue weighted by Crippen LogP contribution is -1.89. The molecule has 0 aliphatic carbocycles. The van der Waals surface area contributed by atoms with E-state index in [1.807, 2.05) is 6.92 Å². The van der Waals surface area contributed by atoms with E-state index in [1.54, 1.807) is 25.5 Å². The predicted octanol–water partition coefficient (Wildman–Crippen LogP) is 3.44. The molecule has 0 radical (unpaired) electrons. The molecule has 0 unspecified atom stereocenters. The predicted molar refractivity (Wildman–Crippen MR) is 61.1 cm³/mol. The number of ether oxygens (including phenoxy) is 1. The largest absolute Gasteiger partial charge is 0.497 e. The van der Waals surface area contributed by atoms with Crippen LogP contribution in [-0.4, -0.2) is 19.9 Å². The molecule has 0 atom stereocenters. The molecular weight excluding hydrogens is 221 g/mol. The van der Waals surface area contributed by atoms with Gasteiger partial charge < -0.3 is 4.74 Å². The number of halogens is 2. The van der Waals surface area contributed by atoms with Gasteiger partial charge in [-0.25, -0.2) is 0 Å². The van der Waals surface area contributed by atoms with Crippen molar-refractivity contribution in [1.82, 2.24) is 0 Å². The average molecular weight is 232 g/mol. The van der Waals surface area contributed by atoms with E-state index in [2.05, 4.69) is 4.99 Å². The van der Waals surface area contributed by atoms with E-state index in [0.29, 0.717) is 22.3 Å². The van der Waals surface area contributed by atoms with Crippen LogP contribution in [0.5, 0.6) is 5.75 Å². The standard InChI is InChI=1S/C10H11Cl2NO/c1-3-13-6-8-9(11)4-7(14-2)5-10(8)12/h4-6H,3H2,1-2H3. The summed E-state index contributed by atoms with van der Waals surface area (Å²) in [7, 11) is 1.57. The molecular formula is C10H11Cl2NO. The summed E-state index contributed by atoms with van der Waals surface area (Å²) in [6.45, 7) is 2.65. The number of rotatable bonds is 3. The van der Waals surface area contributed by atoms with Gasteiger partial charge >= 0.3 is 0 Å². The van der Waals surface area contributed by atoms with E-state index in [1.165, 1.54) is 0 Å². The molecule has 0 fully saturated rings. The number of hydrogen-bond donors (Lipinski definition) is 0. The van der Waals surface area contributed by atoms with E-state index < -0.39 is 0 Å². The minimum atomic E-state index is 0.548. The molecule has 0 spiro atoms. The average Bonchev–Trinajstić information content (AvgIpc) is 2.16. The molecule has 0 saturated heterocycles. The fourth-order valence-corrected chi connectivity index (χ4v) is 1.55. The van der Waals surface area contributed by atoms with Gasteiger partial charge in [-0.05, 0) is 19.1 Å². The van der Waals surface area contributed by atoms with Crippen molar-refractivity contribution < 1.29 is 4.74 Å². The van der Waals surface area contributed by atoms with Gasteiger partial charge in [0, 0.05) is 18.3 Å². The van der Waals surface area contributed by atoms with Crippen LogP contribution in [0.4, 0.5) is 0 Å². The van der Waals surface area contributed by atoms with Crippen molar-refractivity contribution in [1.29, 1.82) is 0 Å². The first kappa shape index (κ1) is 11.3. The number of nitrogens with zero attached hydrogens (tertiary/aromatic N) is 1. The Balaban J connectivity index is 3.11. The Morgan fingerprint density at radius 3 is 2.36 bits per heavy atom. The summed E-state index contributed by atoms with van der Waals surface area (Å²) < 4.78 is 5.02. The molecule has 0 aromatic heterocycles. The summed E-state index contributed by atoms with van der Waals surface area (Å²) in [5, 5.41) is 1.10. The maximum Gasteiger partial charge on any atom is 0.121 e. The van der Waals surface area contributed by atoms with Crippen molar-refractivity contribution in [2.45, 2.75) is 6.92 Å². The van der Waals surface area contributed by atoms with Gasteiger partial charge in [-0.3, -0.25) is 4.99 Å². The molecule has 0 saturated carbocycles. The van der Waals surface area contributed by atoms with Gasteiger partial charge in [-0.15, -0.1) is 0 Å². The Kier molecular flexibility index (Phi) is 4.23. The van der Waals surface area contributed by atoms with Gasteiger partial charge in [0.2, 0.25) is 0 Å². The molecule has 0 heterocycles. The first-order valence-electron chi connectivity index (χ1n) is 4.22. The highest BCUT2D eigenvalue weighted by Crippen LogP contribution is 2.28. The normalized spacial score (nSPS) is 10.9. The van der Waals surface area contributed by atoms with Crippen molar-refractivity contribution in [3.8, 4) is 5.75 Å². The van der Waals surface area contributed by atoms with Gasteiger partial charge in [-0.2, -0.15) is 0 Å². The number of aliphatic imine (C=N–C) groups is 1. The fourth-order valence-electron chi connectivity index (χ4n) is 0.985. The van der Waals surface area contributed by atoms with E-state index in [4.69, 9.17) is 27.9 Å². The van der Waals surface area contributed by atoms with Crippen LogP contribution in [0.25, 0.3) is 0 Å². The second-order valence-corrected chi connectivity index (χ2v) is 3.45. The first-order chi connectivity index (χ1) is 6.69. The Hall–Kier alpha value is -0.730. The quantitative estimate of drug-likeness (QED) is 0.731.